The van der Waals surface area contributed by atoms with E-state index in [2.05, 4.69) is 88.5 Å². The van der Waals surface area contributed by atoms with E-state index < -0.39 is 5.54 Å². The van der Waals surface area contributed by atoms with Crippen LogP contribution in [0.5, 0.6) is 0 Å². The highest BCUT2D eigenvalue weighted by Crippen LogP contribution is 2.41. The molecule has 0 spiro atoms. The van der Waals surface area contributed by atoms with Gasteiger partial charge in [-0.2, -0.15) is 0 Å². The summed E-state index contributed by atoms with van der Waals surface area (Å²) in [7, 11) is 0. The number of ether oxygens (including phenoxy) is 1. The van der Waals surface area contributed by atoms with Gasteiger partial charge < -0.3 is 9.30 Å². The van der Waals surface area contributed by atoms with Crippen molar-refractivity contribution in [3.8, 4) is 11.3 Å². The number of pyridine rings is 1. The molecule has 198 valence electrons. The molecule has 0 N–H and O–H groups in total. The van der Waals surface area contributed by atoms with Gasteiger partial charge >= 0.3 is 0 Å². The molecule has 3 heterocycles. The van der Waals surface area contributed by atoms with E-state index in [0.29, 0.717) is 13.2 Å². The lowest BCUT2D eigenvalue weighted by molar-refractivity contribution is -0.120. The first-order valence-electron chi connectivity index (χ1n) is 13.7. The second kappa shape index (κ2) is 11.6. The van der Waals surface area contributed by atoms with Crippen molar-refractivity contribution in [3.05, 3.63) is 150 Å². The summed E-state index contributed by atoms with van der Waals surface area (Å²) in [5.41, 5.74) is 5.13. The van der Waals surface area contributed by atoms with Crippen LogP contribution in [0.2, 0.25) is 0 Å². The van der Waals surface area contributed by atoms with Gasteiger partial charge in [-0.1, -0.05) is 91.0 Å². The third-order valence-corrected chi connectivity index (χ3v) is 7.69. The van der Waals surface area contributed by atoms with Gasteiger partial charge in [-0.25, -0.2) is 4.98 Å². The molecule has 1 fully saturated rings. The second-order valence-electron chi connectivity index (χ2n) is 10.0. The van der Waals surface area contributed by atoms with Crippen LogP contribution in [0, 0.1) is 5.92 Å². The molecule has 1 saturated heterocycles. The molecular formula is C35H31N3O2. The van der Waals surface area contributed by atoms with Crippen molar-refractivity contribution in [2.24, 2.45) is 5.92 Å². The van der Waals surface area contributed by atoms with Gasteiger partial charge in [0.1, 0.15) is 5.54 Å². The molecule has 40 heavy (non-hydrogen) atoms. The van der Waals surface area contributed by atoms with Gasteiger partial charge in [0.2, 0.25) is 0 Å². The van der Waals surface area contributed by atoms with Gasteiger partial charge in [0.15, 0.2) is 5.78 Å². The van der Waals surface area contributed by atoms with Crippen LogP contribution >= 0.6 is 0 Å². The number of benzene rings is 3. The molecule has 0 bridgehead atoms. The number of rotatable bonds is 8. The van der Waals surface area contributed by atoms with Crippen molar-refractivity contribution in [2.75, 3.05) is 13.2 Å². The number of carbonyl (C=O) groups excluding carboxylic acids is 1. The molecule has 0 amide bonds. The fourth-order valence-electron chi connectivity index (χ4n) is 5.68. The first-order valence-corrected chi connectivity index (χ1v) is 13.7. The van der Waals surface area contributed by atoms with E-state index >= 15 is 0 Å². The monoisotopic (exact) mass is 525 g/mol. The molecule has 2 aromatic heterocycles. The zero-order valence-corrected chi connectivity index (χ0v) is 22.3. The summed E-state index contributed by atoms with van der Waals surface area (Å²) in [6.07, 6.45) is 10.8. The summed E-state index contributed by atoms with van der Waals surface area (Å²) in [4.78, 5) is 22.3. The maximum absolute atomic E-state index is 12.8. The molecule has 0 atom stereocenters. The number of ketones is 1. The van der Waals surface area contributed by atoms with Crippen molar-refractivity contribution in [2.45, 2.75) is 18.4 Å². The molecule has 5 aromatic rings. The fraction of sp³-hybridized carbons (Fsp3) is 0.171. The van der Waals surface area contributed by atoms with E-state index in [0.717, 1.165) is 46.5 Å². The average molecular weight is 526 g/mol. The van der Waals surface area contributed by atoms with Crippen molar-refractivity contribution >= 4 is 11.9 Å². The normalized spacial score (nSPS) is 14.4. The Morgan fingerprint density at radius 2 is 1.35 bits per heavy atom. The maximum atomic E-state index is 12.8. The lowest BCUT2D eigenvalue weighted by Gasteiger charge is -2.37. The number of hydrogen-bond acceptors (Lipinski definition) is 4. The summed E-state index contributed by atoms with van der Waals surface area (Å²) in [5.74, 6) is 0.140. The molecule has 6 rings (SSSR count). The number of imidazole rings is 1. The number of allylic oxidation sites excluding steroid dienone is 1. The van der Waals surface area contributed by atoms with Gasteiger partial charge in [0.25, 0.3) is 0 Å². The Morgan fingerprint density at radius 1 is 0.775 bits per heavy atom. The van der Waals surface area contributed by atoms with Crippen LogP contribution in [-0.2, 0) is 15.1 Å². The minimum atomic E-state index is -0.647. The Kier molecular flexibility index (Phi) is 7.47. The Labute approximate surface area is 234 Å². The van der Waals surface area contributed by atoms with Crippen LogP contribution in [0.3, 0.4) is 0 Å². The van der Waals surface area contributed by atoms with Crippen molar-refractivity contribution < 1.29 is 9.53 Å². The molecule has 3 aromatic carbocycles. The van der Waals surface area contributed by atoms with E-state index in [-0.39, 0.29) is 11.7 Å². The van der Waals surface area contributed by atoms with Crippen molar-refractivity contribution in [3.63, 3.8) is 0 Å². The Balaban J connectivity index is 1.46. The van der Waals surface area contributed by atoms with Crippen LogP contribution in [-0.4, -0.2) is 33.5 Å². The third kappa shape index (κ3) is 4.92. The molecule has 1 aliphatic rings. The highest BCUT2D eigenvalue weighted by Gasteiger charge is 2.38. The van der Waals surface area contributed by atoms with Crippen molar-refractivity contribution in [1.29, 1.82) is 0 Å². The maximum Gasteiger partial charge on any atom is 0.159 e. The van der Waals surface area contributed by atoms with Gasteiger partial charge in [-0.3, -0.25) is 9.78 Å². The zero-order valence-electron chi connectivity index (χ0n) is 22.3. The molecule has 1 aliphatic heterocycles. The Morgan fingerprint density at radius 3 is 1.93 bits per heavy atom. The molecule has 5 heteroatoms. The molecule has 0 unspecified atom stereocenters. The number of nitrogens with zero attached hydrogens (tertiary/aromatic N) is 3. The predicted molar refractivity (Wildman–Crippen MR) is 158 cm³/mol. The highest BCUT2D eigenvalue weighted by molar-refractivity contribution is 5.96. The highest BCUT2D eigenvalue weighted by atomic mass is 16.5. The summed E-state index contributed by atoms with van der Waals surface area (Å²) >= 11 is 0. The first kappa shape index (κ1) is 25.7. The lowest BCUT2D eigenvalue weighted by Crippen LogP contribution is -2.36. The van der Waals surface area contributed by atoms with E-state index in [1.807, 2.05) is 42.7 Å². The van der Waals surface area contributed by atoms with Crippen LogP contribution < -0.4 is 0 Å². The topological polar surface area (TPSA) is 57.0 Å². The van der Waals surface area contributed by atoms with Crippen molar-refractivity contribution in [1.82, 2.24) is 14.5 Å². The fourth-order valence-corrected chi connectivity index (χ4v) is 5.68. The Hall–Kier alpha value is -4.61. The molecule has 0 saturated carbocycles. The summed E-state index contributed by atoms with van der Waals surface area (Å²) in [5, 5.41) is 0. The zero-order chi connectivity index (χ0) is 27.2. The Bertz CT molecular complexity index is 1490. The summed E-state index contributed by atoms with van der Waals surface area (Å²) < 4.78 is 7.61. The summed E-state index contributed by atoms with van der Waals surface area (Å²) in [6.45, 7) is 1.28. The number of aromatic nitrogens is 3. The third-order valence-electron chi connectivity index (χ3n) is 7.69. The van der Waals surface area contributed by atoms with Gasteiger partial charge in [0, 0.05) is 37.1 Å². The smallest absolute Gasteiger partial charge is 0.159 e. The first-order chi connectivity index (χ1) is 19.8. The van der Waals surface area contributed by atoms with Crippen LogP contribution in [0.25, 0.3) is 17.3 Å². The molecule has 5 nitrogen and oxygen atoms in total. The predicted octanol–water partition coefficient (Wildman–Crippen LogP) is 6.79. The second-order valence-corrected chi connectivity index (χ2v) is 10.0. The quantitative estimate of drug-likeness (QED) is 0.165. The number of carbonyl (C=O) groups is 1. The minimum Gasteiger partial charge on any atom is -0.381 e. The lowest BCUT2D eigenvalue weighted by atomic mass is 9.77. The van der Waals surface area contributed by atoms with Crippen LogP contribution in [0.4, 0.5) is 0 Å². The SMILES string of the molecule is O=C(/C=C/c1ncccc1-c1cn(C(c2ccccc2)(c2ccccc2)c2ccccc2)cn1)C1CCOCC1. The van der Waals surface area contributed by atoms with Gasteiger partial charge in [-0.15, -0.1) is 0 Å². The largest absolute Gasteiger partial charge is 0.381 e. The molecule has 0 aliphatic carbocycles. The average Bonchev–Trinajstić information content (AvgIpc) is 3.53. The van der Waals surface area contributed by atoms with Gasteiger partial charge in [0.05, 0.1) is 17.7 Å². The number of hydrogen-bond donors (Lipinski definition) is 0. The molecule has 0 radical (unpaired) electrons. The van der Waals surface area contributed by atoms with Crippen LogP contribution in [0.1, 0.15) is 35.2 Å². The summed E-state index contributed by atoms with van der Waals surface area (Å²) in [6, 6.07) is 35.5. The van der Waals surface area contributed by atoms with E-state index in [4.69, 9.17) is 9.72 Å². The van der Waals surface area contributed by atoms with Gasteiger partial charge in [-0.05, 0) is 53.8 Å². The minimum absolute atomic E-state index is 0.0135. The standard InChI is InChI=1S/C35H31N3O2/c39-34(27-20-23-40-24-21-27)19-18-32-31(17-10-22-36-32)33-25-38(26-37-33)35(28-11-4-1-5-12-28,29-13-6-2-7-14-29)30-15-8-3-9-16-30/h1-19,22,25-27H,20-21,23-24H2/b19-18+. The van der Waals surface area contributed by atoms with E-state index in [1.54, 1.807) is 12.3 Å². The van der Waals surface area contributed by atoms with E-state index in [1.165, 1.54) is 0 Å². The van der Waals surface area contributed by atoms with Crippen LogP contribution in [0.15, 0.2) is 128 Å². The molecular weight excluding hydrogens is 494 g/mol. The van der Waals surface area contributed by atoms with E-state index in [9.17, 15) is 4.79 Å².